The number of allylic oxidation sites excluding steroid dienone is 13. The smallest absolute Gasteiger partial charge is 0.306 e. The van der Waals surface area contributed by atoms with Crippen molar-refractivity contribution in [2.24, 2.45) is 0 Å². The number of likely N-dealkylation sites (N-methyl/N-ethyl adjacent to an activating group) is 1. The molecule has 0 aliphatic rings. The average Bonchev–Trinajstić information content (AvgIpc) is 3.26. The van der Waals surface area contributed by atoms with Gasteiger partial charge in [0.15, 0.2) is 0 Å². The molecule has 0 spiro atoms. The number of phosphoric acid groups is 1. The quantitative estimate of drug-likeness (QED) is 0.0162. The molecule has 10 heteroatoms. The number of hydrogen-bond donors (Lipinski definition) is 1. The molecule has 9 nitrogen and oxygen atoms in total. The lowest BCUT2D eigenvalue weighted by Gasteiger charge is -2.30. The van der Waals surface area contributed by atoms with Crippen molar-refractivity contribution in [1.82, 2.24) is 5.32 Å². The van der Waals surface area contributed by atoms with E-state index in [4.69, 9.17) is 13.8 Å². The van der Waals surface area contributed by atoms with Crippen LogP contribution >= 0.6 is 7.82 Å². The summed E-state index contributed by atoms with van der Waals surface area (Å²) >= 11 is 0. The Morgan fingerprint density at radius 1 is 0.554 bits per heavy atom. The summed E-state index contributed by atoms with van der Waals surface area (Å²) in [4.78, 5) is 39.6. The maximum atomic E-state index is 13.4. The zero-order chi connectivity index (χ0) is 48.0. The van der Waals surface area contributed by atoms with Crippen LogP contribution in [0.5, 0.6) is 0 Å². The number of nitrogens with zero attached hydrogens (tertiary/aromatic N) is 1. The minimum Gasteiger partial charge on any atom is -0.756 e. The van der Waals surface area contributed by atoms with E-state index in [-0.39, 0.29) is 31.3 Å². The highest BCUT2D eigenvalue weighted by atomic mass is 31.2. The van der Waals surface area contributed by atoms with Crippen molar-refractivity contribution in [3.05, 3.63) is 85.1 Å². The molecule has 0 rings (SSSR count). The number of hydrogen-bond acceptors (Lipinski definition) is 7. The highest BCUT2D eigenvalue weighted by molar-refractivity contribution is 7.45. The Labute approximate surface area is 399 Å². The first-order valence-electron chi connectivity index (χ1n) is 26.0. The van der Waals surface area contributed by atoms with Gasteiger partial charge in [-0.15, -0.1) is 0 Å². The van der Waals surface area contributed by atoms with E-state index in [1.54, 1.807) is 0 Å². The van der Waals surface area contributed by atoms with Crippen LogP contribution < -0.4 is 10.2 Å². The first kappa shape index (κ1) is 62.2. The number of unbranched alkanes of at least 4 members (excludes halogenated alkanes) is 22. The van der Waals surface area contributed by atoms with Crippen LogP contribution in [0.1, 0.15) is 201 Å². The van der Waals surface area contributed by atoms with E-state index in [2.05, 4.69) is 38.2 Å². The summed E-state index contributed by atoms with van der Waals surface area (Å²) in [5, 5.41) is 2.98. The van der Waals surface area contributed by atoms with Crippen LogP contribution in [0.15, 0.2) is 85.1 Å². The van der Waals surface area contributed by atoms with E-state index in [1.807, 2.05) is 94.1 Å². The molecule has 0 saturated carbocycles. The number of ether oxygens (including phenoxy) is 1. The Bertz CT molecular complexity index is 1390. The van der Waals surface area contributed by atoms with Crippen molar-refractivity contribution < 1.29 is 37.3 Å². The van der Waals surface area contributed by atoms with Gasteiger partial charge in [-0.25, -0.2) is 0 Å². The monoisotopic (exact) mass is 929 g/mol. The average molecular weight is 929 g/mol. The second-order valence-electron chi connectivity index (χ2n) is 18.5. The number of rotatable bonds is 45. The molecular weight excluding hydrogens is 832 g/mol. The summed E-state index contributed by atoms with van der Waals surface area (Å²) in [7, 11) is 1.14. The minimum absolute atomic E-state index is 0.0346. The van der Waals surface area contributed by atoms with E-state index >= 15 is 0 Å². The van der Waals surface area contributed by atoms with Gasteiger partial charge >= 0.3 is 5.97 Å². The standard InChI is InChI=1S/C55H97N2O7P/c1-7-10-13-16-19-22-25-26-27-28-29-30-33-35-38-41-44-47-54(58)56-52(51-63-65(60,61)62-50-49-57(4,5)6)53(46-43-40-37-34-31-23-20-17-14-11-8-2)64-55(59)48-45-42-39-36-32-24-21-18-15-12-9-3/h10,13,16,19,22,25-30,33,43,46,52-53H,7-9,11-12,14-15,17-18,20-21,23-24,31-32,34-42,44-45,47-51H2,1-6H3,(H-,56,58,60,61)/b13-10-,19-16+,25-22+,27-26-,29-28+,33-30+,46-43-. The van der Waals surface area contributed by atoms with Crippen molar-refractivity contribution in [1.29, 1.82) is 0 Å². The minimum atomic E-state index is -4.70. The Kier molecular flexibility index (Phi) is 43.1. The number of esters is 1. The number of quaternary nitrogens is 1. The molecule has 0 fully saturated rings. The molecule has 65 heavy (non-hydrogen) atoms. The van der Waals surface area contributed by atoms with Gasteiger partial charge in [0.05, 0.1) is 33.8 Å². The molecule has 0 aromatic rings. The molecule has 1 N–H and O–H groups in total. The third-order valence-electron chi connectivity index (χ3n) is 11.0. The summed E-state index contributed by atoms with van der Waals surface area (Å²) in [5.41, 5.74) is 0. The van der Waals surface area contributed by atoms with E-state index in [0.29, 0.717) is 17.4 Å². The van der Waals surface area contributed by atoms with E-state index in [0.717, 1.165) is 64.2 Å². The topological polar surface area (TPSA) is 114 Å². The molecule has 0 aromatic heterocycles. The van der Waals surface area contributed by atoms with Gasteiger partial charge in [-0.2, -0.15) is 0 Å². The highest BCUT2D eigenvalue weighted by Crippen LogP contribution is 2.38. The zero-order valence-corrected chi connectivity index (χ0v) is 43.3. The van der Waals surface area contributed by atoms with Gasteiger partial charge in [-0.1, -0.05) is 222 Å². The van der Waals surface area contributed by atoms with Crippen LogP contribution in [0.25, 0.3) is 0 Å². The first-order valence-corrected chi connectivity index (χ1v) is 27.4. The second kappa shape index (κ2) is 45.0. The number of amides is 1. The zero-order valence-electron chi connectivity index (χ0n) is 42.4. The highest BCUT2D eigenvalue weighted by Gasteiger charge is 2.27. The van der Waals surface area contributed by atoms with Crippen molar-refractivity contribution in [3.63, 3.8) is 0 Å². The largest absolute Gasteiger partial charge is 0.756 e. The Morgan fingerprint density at radius 3 is 1.49 bits per heavy atom. The van der Waals surface area contributed by atoms with Gasteiger partial charge in [-0.05, 0) is 51.0 Å². The van der Waals surface area contributed by atoms with Crippen molar-refractivity contribution in [2.45, 2.75) is 213 Å². The molecule has 0 heterocycles. The molecule has 0 aliphatic heterocycles. The Hall–Kier alpha value is -2.81. The predicted molar refractivity (Wildman–Crippen MR) is 274 cm³/mol. The predicted octanol–water partition coefficient (Wildman–Crippen LogP) is 14.5. The van der Waals surface area contributed by atoms with Gasteiger partial charge in [0.25, 0.3) is 7.82 Å². The van der Waals surface area contributed by atoms with Crippen molar-refractivity contribution in [3.8, 4) is 0 Å². The van der Waals surface area contributed by atoms with Gasteiger partial charge < -0.3 is 28.5 Å². The second-order valence-corrected chi connectivity index (χ2v) is 19.9. The van der Waals surface area contributed by atoms with Crippen molar-refractivity contribution >= 4 is 19.7 Å². The van der Waals surface area contributed by atoms with Crippen LogP contribution in [0.2, 0.25) is 0 Å². The first-order chi connectivity index (χ1) is 31.4. The fourth-order valence-corrected chi connectivity index (χ4v) is 7.69. The maximum Gasteiger partial charge on any atom is 0.306 e. The normalized spacial score (nSPS) is 14.6. The molecule has 0 bridgehead atoms. The fourth-order valence-electron chi connectivity index (χ4n) is 6.96. The SMILES string of the molecule is CC\C=C/C=C/C=C/C=C\C=C\C=C\CCCCCC(=O)NC(COP(=O)([O-])OCC[N+](C)(C)C)C(/C=C\CCCCCCCCCCC)OC(=O)CCCCCCCCCCCCC. The van der Waals surface area contributed by atoms with Crippen molar-refractivity contribution in [2.75, 3.05) is 40.9 Å². The van der Waals surface area contributed by atoms with Crippen LogP contribution in [0, 0.1) is 0 Å². The van der Waals surface area contributed by atoms with Crippen LogP contribution in [0.3, 0.4) is 0 Å². The lowest BCUT2D eigenvalue weighted by Crippen LogP contribution is -2.47. The van der Waals surface area contributed by atoms with Gasteiger partial charge in [0.1, 0.15) is 19.3 Å². The molecule has 0 aromatic carbocycles. The number of carbonyl (C=O) groups excluding carboxylic acids is 2. The van der Waals surface area contributed by atoms with Gasteiger partial charge in [0.2, 0.25) is 5.91 Å². The molecular formula is C55H97N2O7P. The third-order valence-corrected chi connectivity index (χ3v) is 12.0. The summed E-state index contributed by atoms with van der Waals surface area (Å²) in [6.45, 7) is 6.61. The Morgan fingerprint density at radius 2 is 0.985 bits per heavy atom. The van der Waals surface area contributed by atoms with Gasteiger partial charge in [-0.3, -0.25) is 14.2 Å². The van der Waals surface area contributed by atoms with E-state index in [9.17, 15) is 19.0 Å². The van der Waals surface area contributed by atoms with E-state index in [1.165, 1.54) is 96.3 Å². The van der Waals surface area contributed by atoms with Crippen LogP contribution in [-0.4, -0.2) is 69.4 Å². The summed E-state index contributed by atoms with van der Waals surface area (Å²) in [5.74, 6) is -0.599. The maximum absolute atomic E-state index is 13.4. The molecule has 3 unspecified atom stereocenters. The molecule has 3 atom stereocenters. The summed E-state index contributed by atoms with van der Waals surface area (Å²) in [6.07, 6.45) is 56.9. The lowest BCUT2D eigenvalue weighted by atomic mass is 10.0. The summed E-state index contributed by atoms with van der Waals surface area (Å²) < 4.78 is 30.1. The molecule has 1 amide bonds. The fraction of sp³-hybridized carbons (Fsp3) is 0.709. The van der Waals surface area contributed by atoms with Gasteiger partial charge in [0, 0.05) is 12.8 Å². The molecule has 0 aliphatic carbocycles. The number of phosphoric ester groups is 1. The van der Waals surface area contributed by atoms with Crippen LogP contribution in [-0.2, 0) is 27.9 Å². The van der Waals surface area contributed by atoms with Crippen LogP contribution in [0.4, 0.5) is 0 Å². The summed E-state index contributed by atoms with van der Waals surface area (Å²) in [6, 6.07) is -0.911. The molecule has 0 radical (unpaired) electrons. The molecule has 0 saturated heterocycles. The third kappa shape index (κ3) is 46.1. The number of nitrogens with one attached hydrogen (secondary N) is 1. The number of carbonyl (C=O) groups is 2. The lowest BCUT2D eigenvalue weighted by molar-refractivity contribution is -0.870. The van der Waals surface area contributed by atoms with E-state index < -0.39 is 26.6 Å². The Balaban J connectivity index is 5.50. The molecule has 374 valence electrons.